The fraction of sp³-hybridized carbons (Fsp3) is 0.571. The van der Waals surface area contributed by atoms with Crippen LogP contribution in [-0.2, 0) is 9.53 Å². The second kappa shape index (κ2) is 7.33. The van der Waals surface area contributed by atoms with E-state index >= 15 is 0 Å². The molecule has 0 aliphatic carbocycles. The molecule has 0 aliphatic heterocycles. The lowest BCUT2D eigenvalue weighted by atomic mass is 10.3. The van der Waals surface area contributed by atoms with Gasteiger partial charge in [-0.05, 0) is 26.8 Å². The van der Waals surface area contributed by atoms with Gasteiger partial charge in [0.05, 0.1) is 18.6 Å². The minimum Gasteiger partial charge on any atom is -0.469 e. The van der Waals surface area contributed by atoms with Crippen molar-refractivity contribution in [1.29, 1.82) is 0 Å². The van der Waals surface area contributed by atoms with Gasteiger partial charge in [0.1, 0.15) is 5.69 Å². The number of rotatable bonds is 6. The molecule has 1 amide bonds. The van der Waals surface area contributed by atoms with Crippen molar-refractivity contribution < 1.29 is 14.3 Å². The molecule has 0 fully saturated rings. The van der Waals surface area contributed by atoms with Crippen molar-refractivity contribution in [3.8, 4) is 0 Å². The highest BCUT2D eigenvalue weighted by atomic mass is 35.5. The van der Waals surface area contributed by atoms with Crippen LogP contribution in [0.25, 0.3) is 0 Å². The first-order chi connectivity index (χ1) is 9.40. The maximum atomic E-state index is 12.5. The highest BCUT2D eigenvalue weighted by molar-refractivity contribution is 6.31. The lowest BCUT2D eigenvalue weighted by Crippen LogP contribution is -2.34. The van der Waals surface area contributed by atoms with Crippen molar-refractivity contribution in [3.05, 3.63) is 23.0 Å². The van der Waals surface area contributed by atoms with E-state index in [0.29, 0.717) is 23.8 Å². The van der Waals surface area contributed by atoms with Gasteiger partial charge < -0.3 is 14.2 Å². The third-order valence-electron chi connectivity index (χ3n) is 3.07. The molecular weight excluding hydrogens is 280 g/mol. The van der Waals surface area contributed by atoms with Crippen molar-refractivity contribution in [2.24, 2.45) is 0 Å². The Hall–Kier alpha value is -1.49. The topological polar surface area (TPSA) is 51.5 Å². The van der Waals surface area contributed by atoms with E-state index in [9.17, 15) is 9.59 Å². The molecule has 0 bridgehead atoms. The lowest BCUT2D eigenvalue weighted by Gasteiger charge is -2.22. The summed E-state index contributed by atoms with van der Waals surface area (Å²) in [5.41, 5.74) is 0.539. The van der Waals surface area contributed by atoms with Crippen LogP contribution in [0.2, 0.25) is 5.02 Å². The molecule has 0 radical (unpaired) electrons. The molecule has 1 aromatic heterocycles. The molecule has 0 saturated heterocycles. The van der Waals surface area contributed by atoms with Gasteiger partial charge in [0.2, 0.25) is 0 Å². The molecule has 6 heteroatoms. The monoisotopic (exact) mass is 300 g/mol. The molecule has 0 saturated carbocycles. The van der Waals surface area contributed by atoms with Gasteiger partial charge >= 0.3 is 5.97 Å². The number of methoxy groups -OCH3 is 1. The first-order valence-corrected chi connectivity index (χ1v) is 7.02. The average molecular weight is 301 g/mol. The molecule has 1 aromatic rings. The molecule has 0 N–H and O–H groups in total. The van der Waals surface area contributed by atoms with Crippen LogP contribution in [0.4, 0.5) is 0 Å². The zero-order valence-electron chi connectivity index (χ0n) is 12.4. The summed E-state index contributed by atoms with van der Waals surface area (Å²) in [6, 6.07) is 1.80. The van der Waals surface area contributed by atoms with Crippen molar-refractivity contribution >= 4 is 23.5 Å². The molecule has 112 valence electrons. The van der Waals surface area contributed by atoms with Gasteiger partial charge in [-0.15, -0.1) is 0 Å². The van der Waals surface area contributed by atoms with Crippen LogP contribution >= 0.6 is 11.6 Å². The third kappa shape index (κ3) is 4.00. The number of nitrogens with zero attached hydrogens (tertiary/aromatic N) is 2. The predicted molar refractivity (Wildman–Crippen MR) is 78.0 cm³/mol. The Labute approximate surface area is 124 Å². The van der Waals surface area contributed by atoms with Gasteiger partial charge in [0, 0.05) is 25.3 Å². The zero-order chi connectivity index (χ0) is 15.3. The van der Waals surface area contributed by atoms with Crippen LogP contribution in [0.5, 0.6) is 0 Å². The Balaban J connectivity index is 2.88. The summed E-state index contributed by atoms with van der Waals surface area (Å²) in [5.74, 6) is -0.453. The maximum Gasteiger partial charge on any atom is 0.307 e. The fourth-order valence-corrected chi connectivity index (χ4v) is 2.15. The second-order valence-electron chi connectivity index (χ2n) is 4.76. The molecule has 0 spiro atoms. The second-order valence-corrected chi connectivity index (χ2v) is 5.19. The minimum atomic E-state index is -0.325. The van der Waals surface area contributed by atoms with Crippen molar-refractivity contribution in [2.75, 3.05) is 20.2 Å². The number of halogens is 1. The normalized spacial score (nSPS) is 10.7. The largest absolute Gasteiger partial charge is 0.469 e. The van der Waals surface area contributed by atoms with E-state index in [-0.39, 0.29) is 24.3 Å². The van der Waals surface area contributed by atoms with Crippen molar-refractivity contribution in [3.63, 3.8) is 0 Å². The van der Waals surface area contributed by atoms with Crippen LogP contribution in [-0.4, -0.2) is 41.5 Å². The van der Waals surface area contributed by atoms with E-state index in [1.165, 1.54) is 7.11 Å². The van der Waals surface area contributed by atoms with E-state index in [1.54, 1.807) is 17.2 Å². The number of carbonyl (C=O) groups excluding carboxylic acids is 2. The predicted octanol–water partition coefficient (Wildman–Crippen LogP) is 2.75. The molecule has 0 aromatic carbocycles. The quantitative estimate of drug-likeness (QED) is 0.759. The zero-order valence-corrected chi connectivity index (χ0v) is 13.1. The molecular formula is C14H21ClN2O3. The number of carbonyl (C=O) groups is 2. The van der Waals surface area contributed by atoms with E-state index in [4.69, 9.17) is 11.6 Å². The Kier molecular flexibility index (Phi) is 6.07. The number of hydrogen-bond donors (Lipinski definition) is 0. The summed E-state index contributed by atoms with van der Waals surface area (Å²) in [5, 5.41) is 0.533. The molecule has 0 atom stereocenters. The Morgan fingerprint density at radius 3 is 2.60 bits per heavy atom. The van der Waals surface area contributed by atoms with Crippen molar-refractivity contribution in [1.82, 2.24) is 9.47 Å². The molecule has 20 heavy (non-hydrogen) atoms. The molecule has 0 aliphatic rings. The molecule has 1 heterocycles. The van der Waals surface area contributed by atoms with Gasteiger partial charge in [-0.2, -0.15) is 0 Å². The number of hydrogen-bond acceptors (Lipinski definition) is 3. The highest BCUT2D eigenvalue weighted by Gasteiger charge is 2.20. The van der Waals surface area contributed by atoms with Gasteiger partial charge in [-0.3, -0.25) is 9.59 Å². The Morgan fingerprint density at radius 2 is 2.10 bits per heavy atom. The van der Waals surface area contributed by atoms with Crippen LogP contribution < -0.4 is 0 Å². The fourth-order valence-electron chi connectivity index (χ4n) is 1.94. The smallest absolute Gasteiger partial charge is 0.307 e. The summed E-state index contributed by atoms with van der Waals surface area (Å²) in [6.45, 7) is 6.70. The first-order valence-electron chi connectivity index (χ1n) is 6.64. The first kappa shape index (κ1) is 16.6. The summed E-state index contributed by atoms with van der Waals surface area (Å²) >= 11 is 5.99. The van der Waals surface area contributed by atoms with E-state index < -0.39 is 0 Å². The Bertz CT molecular complexity index is 483. The van der Waals surface area contributed by atoms with Crippen molar-refractivity contribution in [2.45, 2.75) is 33.2 Å². The van der Waals surface area contributed by atoms with E-state index in [2.05, 4.69) is 4.74 Å². The molecule has 5 nitrogen and oxygen atoms in total. The van der Waals surface area contributed by atoms with Gasteiger partial charge in [-0.25, -0.2) is 0 Å². The molecule has 0 unspecified atom stereocenters. The Morgan fingerprint density at radius 1 is 1.45 bits per heavy atom. The summed E-state index contributed by atoms with van der Waals surface area (Å²) in [4.78, 5) is 25.3. The molecule has 1 rings (SSSR count). The summed E-state index contributed by atoms with van der Waals surface area (Å²) in [6.07, 6.45) is 1.93. The van der Waals surface area contributed by atoms with Gasteiger partial charge in [0.15, 0.2) is 0 Å². The van der Waals surface area contributed by atoms with Crippen LogP contribution in [0.3, 0.4) is 0 Å². The average Bonchev–Trinajstić information content (AvgIpc) is 2.81. The van der Waals surface area contributed by atoms with Gasteiger partial charge in [0.25, 0.3) is 5.91 Å². The number of aromatic nitrogens is 1. The minimum absolute atomic E-state index is 0.128. The highest BCUT2D eigenvalue weighted by Crippen LogP contribution is 2.20. The van der Waals surface area contributed by atoms with E-state index in [1.807, 2.05) is 25.3 Å². The SMILES string of the molecule is CCN(CCC(=O)OC)C(=O)c1cc(Cl)cn1C(C)C. The van der Waals surface area contributed by atoms with Crippen LogP contribution in [0.1, 0.15) is 43.7 Å². The van der Waals surface area contributed by atoms with Crippen LogP contribution in [0.15, 0.2) is 12.3 Å². The maximum absolute atomic E-state index is 12.5. The third-order valence-corrected chi connectivity index (χ3v) is 3.28. The van der Waals surface area contributed by atoms with Gasteiger partial charge in [-0.1, -0.05) is 11.6 Å². The van der Waals surface area contributed by atoms with Crippen LogP contribution in [0, 0.1) is 0 Å². The summed E-state index contributed by atoms with van der Waals surface area (Å²) in [7, 11) is 1.34. The lowest BCUT2D eigenvalue weighted by molar-refractivity contribution is -0.140. The van der Waals surface area contributed by atoms with E-state index in [0.717, 1.165) is 0 Å². The summed E-state index contributed by atoms with van der Waals surface area (Å²) < 4.78 is 6.43. The number of amides is 1. The number of esters is 1. The number of ether oxygens (including phenoxy) is 1. The standard InChI is InChI=1S/C14H21ClN2O3/c1-5-16(7-6-13(18)20-4)14(19)12-8-11(15)9-17(12)10(2)3/h8-10H,5-7H2,1-4H3.